The minimum Gasteiger partial charge on any atom is -0.353 e. The molecule has 1 heterocycles. The summed E-state index contributed by atoms with van der Waals surface area (Å²) in [5, 5.41) is 2.98. The molecule has 0 unspecified atom stereocenters. The van der Waals surface area contributed by atoms with Crippen LogP contribution in [-0.4, -0.2) is 23.0 Å². The first-order valence-corrected chi connectivity index (χ1v) is 5.68. The van der Waals surface area contributed by atoms with Crippen LogP contribution < -0.4 is 11.1 Å². The number of nitrogens with two attached hydrogens (primary N) is 1. The minimum absolute atomic E-state index is 0.112. The van der Waals surface area contributed by atoms with Crippen LogP contribution in [0.1, 0.15) is 24.8 Å². The summed E-state index contributed by atoms with van der Waals surface area (Å²) in [4.78, 5) is 15.6. The Morgan fingerprint density at radius 3 is 3.00 bits per heavy atom. The van der Waals surface area contributed by atoms with Crippen molar-refractivity contribution in [3.63, 3.8) is 0 Å². The van der Waals surface area contributed by atoms with Gasteiger partial charge in [0.05, 0.1) is 0 Å². The molecule has 0 saturated heterocycles. The number of aromatic nitrogens is 1. The van der Waals surface area contributed by atoms with Crippen LogP contribution in [0, 0.1) is 0 Å². The van der Waals surface area contributed by atoms with E-state index >= 15 is 0 Å². The van der Waals surface area contributed by atoms with Gasteiger partial charge in [-0.15, -0.1) is 0 Å². The van der Waals surface area contributed by atoms with Gasteiger partial charge in [-0.1, -0.05) is 6.07 Å². The molecule has 0 atom stereocenters. The van der Waals surface area contributed by atoms with Gasteiger partial charge in [-0.05, 0) is 30.9 Å². The summed E-state index contributed by atoms with van der Waals surface area (Å²) >= 11 is 0. The number of carbonyl (C=O) groups is 1. The van der Waals surface area contributed by atoms with Crippen molar-refractivity contribution in [3.8, 4) is 0 Å². The highest BCUT2D eigenvalue weighted by molar-refractivity contribution is 5.76. The van der Waals surface area contributed by atoms with Gasteiger partial charge in [0.2, 0.25) is 5.91 Å². The molecule has 1 aliphatic carbocycles. The molecule has 0 aliphatic heterocycles. The molecule has 1 amide bonds. The number of carbonyl (C=O) groups excluding carboxylic acids is 1. The second-order valence-electron chi connectivity index (χ2n) is 4.36. The molecular formula is C12H17N3O. The van der Waals surface area contributed by atoms with Crippen molar-refractivity contribution in [3.05, 3.63) is 30.1 Å². The summed E-state index contributed by atoms with van der Waals surface area (Å²) < 4.78 is 0. The fourth-order valence-electron chi connectivity index (χ4n) is 1.88. The maximum absolute atomic E-state index is 11.6. The Balaban J connectivity index is 1.68. The molecule has 4 heteroatoms. The van der Waals surface area contributed by atoms with Crippen LogP contribution in [0.3, 0.4) is 0 Å². The van der Waals surface area contributed by atoms with E-state index in [0.29, 0.717) is 12.5 Å². The molecule has 16 heavy (non-hydrogen) atoms. The van der Waals surface area contributed by atoms with Gasteiger partial charge in [-0.3, -0.25) is 9.78 Å². The van der Waals surface area contributed by atoms with Gasteiger partial charge >= 0.3 is 0 Å². The molecular weight excluding hydrogens is 202 g/mol. The predicted molar refractivity (Wildman–Crippen MR) is 61.7 cm³/mol. The number of rotatable bonds is 4. The Bertz CT molecular complexity index is 347. The van der Waals surface area contributed by atoms with Crippen LogP contribution in [0.5, 0.6) is 0 Å². The zero-order valence-electron chi connectivity index (χ0n) is 9.23. The molecule has 1 fully saturated rings. The third-order valence-corrected chi connectivity index (χ3v) is 2.90. The van der Waals surface area contributed by atoms with Crippen LogP contribution in [-0.2, 0) is 11.2 Å². The van der Waals surface area contributed by atoms with E-state index in [9.17, 15) is 4.79 Å². The van der Waals surface area contributed by atoms with E-state index in [0.717, 1.165) is 24.8 Å². The third kappa shape index (κ3) is 3.03. The minimum atomic E-state index is 0.112. The second kappa shape index (κ2) is 5.07. The van der Waals surface area contributed by atoms with Gasteiger partial charge < -0.3 is 11.1 Å². The first-order chi connectivity index (χ1) is 7.74. The topological polar surface area (TPSA) is 68.0 Å². The molecule has 1 aliphatic rings. The number of nitrogens with zero attached hydrogens (tertiary/aromatic N) is 1. The Morgan fingerprint density at radius 2 is 2.38 bits per heavy atom. The van der Waals surface area contributed by atoms with E-state index in [-0.39, 0.29) is 11.9 Å². The maximum atomic E-state index is 11.6. The van der Waals surface area contributed by atoms with Crippen molar-refractivity contribution < 1.29 is 4.79 Å². The van der Waals surface area contributed by atoms with E-state index < -0.39 is 0 Å². The van der Waals surface area contributed by atoms with E-state index in [2.05, 4.69) is 10.3 Å². The first-order valence-electron chi connectivity index (χ1n) is 5.68. The summed E-state index contributed by atoms with van der Waals surface area (Å²) in [6, 6.07) is 4.46. The van der Waals surface area contributed by atoms with Crippen LogP contribution >= 0.6 is 0 Å². The molecule has 86 valence electrons. The van der Waals surface area contributed by atoms with Crippen LogP contribution in [0.15, 0.2) is 24.5 Å². The lowest BCUT2D eigenvalue weighted by atomic mass is 9.87. The van der Waals surface area contributed by atoms with E-state index in [1.165, 1.54) is 0 Å². The number of hydrogen-bond donors (Lipinski definition) is 2. The number of amides is 1. The molecule has 2 rings (SSSR count). The summed E-state index contributed by atoms with van der Waals surface area (Å²) in [5.41, 5.74) is 6.75. The van der Waals surface area contributed by atoms with Crippen LogP contribution in [0.25, 0.3) is 0 Å². The lowest BCUT2D eigenvalue weighted by molar-refractivity contribution is -0.122. The molecule has 0 spiro atoms. The average molecular weight is 219 g/mol. The van der Waals surface area contributed by atoms with Crippen molar-refractivity contribution in [2.45, 2.75) is 37.8 Å². The zero-order chi connectivity index (χ0) is 11.4. The fraction of sp³-hybridized carbons (Fsp3) is 0.500. The number of hydrogen-bond acceptors (Lipinski definition) is 3. The molecule has 0 radical (unpaired) electrons. The molecule has 3 N–H and O–H groups in total. The lowest BCUT2D eigenvalue weighted by Crippen LogP contribution is -2.50. The van der Waals surface area contributed by atoms with Crippen molar-refractivity contribution >= 4 is 5.91 Å². The quantitative estimate of drug-likeness (QED) is 0.780. The van der Waals surface area contributed by atoms with Crippen LogP contribution in [0.2, 0.25) is 0 Å². The average Bonchev–Trinajstić information content (AvgIpc) is 2.26. The van der Waals surface area contributed by atoms with E-state index in [1.807, 2.05) is 12.1 Å². The fourth-order valence-corrected chi connectivity index (χ4v) is 1.88. The van der Waals surface area contributed by atoms with Gasteiger partial charge in [0.15, 0.2) is 0 Å². The standard InChI is InChI=1S/C12H17N3O/c13-10-6-11(7-10)15-12(16)4-3-9-2-1-5-14-8-9/h1-2,5,8,10-11H,3-4,6-7,13H2,(H,15,16). The Morgan fingerprint density at radius 1 is 1.56 bits per heavy atom. The number of pyridine rings is 1. The monoisotopic (exact) mass is 219 g/mol. The molecule has 1 saturated carbocycles. The number of aryl methyl sites for hydroxylation is 1. The summed E-state index contributed by atoms with van der Waals surface area (Å²) in [6.07, 6.45) is 6.64. The van der Waals surface area contributed by atoms with Gasteiger partial charge in [0.25, 0.3) is 0 Å². The maximum Gasteiger partial charge on any atom is 0.220 e. The first kappa shape index (κ1) is 11.1. The molecule has 1 aromatic rings. The van der Waals surface area contributed by atoms with Crippen molar-refractivity contribution in [1.82, 2.24) is 10.3 Å². The predicted octanol–water partition coefficient (Wildman–Crippen LogP) is 0.620. The van der Waals surface area contributed by atoms with E-state index in [1.54, 1.807) is 12.4 Å². The summed E-state index contributed by atoms with van der Waals surface area (Å²) in [7, 11) is 0. The smallest absolute Gasteiger partial charge is 0.220 e. The van der Waals surface area contributed by atoms with Crippen molar-refractivity contribution in [1.29, 1.82) is 0 Å². The summed E-state index contributed by atoms with van der Waals surface area (Å²) in [5.74, 6) is 0.112. The lowest BCUT2D eigenvalue weighted by Gasteiger charge is -2.32. The van der Waals surface area contributed by atoms with Gasteiger partial charge in [-0.25, -0.2) is 0 Å². The third-order valence-electron chi connectivity index (χ3n) is 2.90. The Labute approximate surface area is 95.3 Å². The highest BCUT2D eigenvalue weighted by Crippen LogP contribution is 2.17. The van der Waals surface area contributed by atoms with E-state index in [4.69, 9.17) is 5.73 Å². The summed E-state index contributed by atoms with van der Waals surface area (Å²) in [6.45, 7) is 0. The largest absolute Gasteiger partial charge is 0.353 e. The zero-order valence-corrected chi connectivity index (χ0v) is 9.23. The molecule has 4 nitrogen and oxygen atoms in total. The van der Waals surface area contributed by atoms with Crippen LogP contribution in [0.4, 0.5) is 0 Å². The molecule has 0 bridgehead atoms. The van der Waals surface area contributed by atoms with Gasteiger partial charge in [0, 0.05) is 30.9 Å². The Kier molecular flexibility index (Phi) is 3.51. The van der Waals surface area contributed by atoms with Crippen molar-refractivity contribution in [2.24, 2.45) is 5.73 Å². The Hall–Kier alpha value is -1.42. The SMILES string of the molecule is NC1CC(NC(=O)CCc2cccnc2)C1. The normalized spacial score (nSPS) is 23.6. The van der Waals surface area contributed by atoms with Gasteiger partial charge in [-0.2, -0.15) is 0 Å². The second-order valence-corrected chi connectivity index (χ2v) is 4.36. The highest BCUT2D eigenvalue weighted by atomic mass is 16.1. The van der Waals surface area contributed by atoms with Gasteiger partial charge in [0.1, 0.15) is 0 Å². The highest BCUT2D eigenvalue weighted by Gasteiger charge is 2.26. The van der Waals surface area contributed by atoms with Crippen molar-refractivity contribution in [2.75, 3.05) is 0 Å². The number of nitrogens with one attached hydrogen (secondary N) is 1. The molecule has 1 aromatic heterocycles. The molecule has 0 aromatic carbocycles.